The number of rotatable bonds is 7. The fourth-order valence-corrected chi connectivity index (χ4v) is 7.48. The first kappa shape index (κ1) is 29.9. The second-order valence-electron chi connectivity index (χ2n) is 13.1. The molecule has 1 aromatic carbocycles. The van der Waals surface area contributed by atoms with Crippen LogP contribution in [0.15, 0.2) is 42.6 Å². The van der Waals surface area contributed by atoms with Gasteiger partial charge in [0.1, 0.15) is 5.69 Å². The van der Waals surface area contributed by atoms with Crippen LogP contribution in [0.5, 0.6) is 0 Å². The Kier molecular flexibility index (Phi) is 8.32. The number of nitrogens with one attached hydrogen (secondary N) is 1. The smallest absolute Gasteiger partial charge is 0.271 e. The summed E-state index contributed by atoms with van der Waals surface area (Å²) in [7, 11) is 2.21. The maximum absolute atomic E-state index is 12.8. The molecule has 4 aliphatic rings. The number of piperazine rings is 1. The van der Waals surface area contributed by atoms with Gasteiger partial charge in [0, 0.05) is 88.2 Å². The molecule has 2 aromatic heterocycles. The normalized spacial score (nSPS) is 21.1. The van der Waals surface area contributed by atoms with Crippen LogP contribution in [0, 0.1) is 6.92 Å². The van der Waals surface area contributed by atoms with E-state index in [2.05, 4.69) is 61.2 Å². The molecule has 6 heterocycles. The quantitative estimate of drug-likeness (QED) is 0.410. The number of anilines is 4. The third-order valence-electron chi connectivity index (χ3n) is 10.4. The lowest BCUT2D eigenvalue weighted by atomic mass is 9.77. The summed E-state index contributed by atoms with van der Waals surface area (Å²) in [6, 6.07) is 13.0. The van der Waals surface area contributed by atoms with Gasteiger partial charge in [0.05, 0.1) is 5.69 Å². The number of carbonyl (C=O) groups is 1. The highest BCUT2D eigenvalue weighted by Gasteiger charge is 2.47. The number of nitrogens with zero attached hydrogens (tertiary/aromatic N) is 7. The Bertz CT molecular complexity index is 1510. The molecule has 3 aromatic rings. The maximum atomic E-state index is 12.8. The van der Waals surface area contributed by atoms with Crippen LogP contribution in [0.3, 0.4) is 0 Å². The van der Waals surface area contributed by atoms with Crippen LogP contribution in [0.2, 0.25) is 0 Å². The molecule has 1 spiro atoms. The lowest BCUT2D eigenvalue weighted by Crippen LogP contribution is -2.63. The average molecular weight is 612 g/mol. The Balaban J connectivity index is 1.13. The van der Waals surface area contributed by atoms with E-state index in [1.54, 1.807) is 6.20 Å². The zero-order valence-corrected chi connectivity index (χ0v) is 26.5. The van der Waals surface area contributed by atoms with Crippen molar-refractivity contribution >= 4 is 28.9 Å². The van der Waals surface area contributed by atoms with Crippen molar-refractivity contribution in [2.45, 2.75) is 50.6 Å². The number of primary amides is 1. The number of aryl methyl sites for hydroxylation is 1. The number of benzene rings is 1. The number of hydrogen-bond acceptors (Lipinski definition) is 10. The summed E-state index contributed by atoms with van der Waals surface area (Å²) in [6.07, 6.45) is 7.08. The Morgan fingerprint density at radius 3 is 2.31 bits per heavy atom. The van der Waals surface area contributed by atoms with Crippen molar-refractivity contribution in [3.05, 3.63) is 53.9 Å². The largest absolute Gasteiger partial charge is 0.381 e. The maximum Gasteiger partial charge on any atom is 0.271 e. The van der Waals surface area contributed by atoms with Gasteiger partial charge in [0.25, 0.3) is 5.91 Å². The fourth-order valence-electron chi connectivity index (χ4n) is 7.48. The average Bonchev–Trinajstić information content (AvgIpc) is 3.06. The molecule has 11 nitrogen and oxygen atoms in total. The van der Waals surface area contributed by atoms with Gasteiger partial charge in [-0.05, 0) is 82.0 Å². The minimum absolute atomic E-state index is 0.0185. The number of ether oxygens (including phenoxy) is 1. The third kappa shape index (κ3) is 5.96. The Morgan fingerprint density at radius 2 is 1.67 bits per heavy atom. The molecule has 11 heteroatoms. The van der Waals surface area contributed by atoms with E-state index in [0.29, 0.717) is 23.2 Å². The molecule has 4 fully saturated rings. The molecule has 45 heavy (non-hydrogen) atoms. The molecule has 0 saturated carbocycles. The number of aromatic nitrogens is 3. The van der Waals surface area contributed by atoms with Crippen LogP contribution in [-0.4, -0.2) is 108 Å². The van der Waals surface area contributed by atoms with Gasteiger partial charge in [-0.2, -0.15) is 0 Å². The zero-order valence-electron chi connectivity index (χ0n) is 26.5. The van der Waals surface area contributed by atoms with Crippen LogP contribution in [-0.2, 0) is 4.74 Å². The number of hydrogen-bond donors (Lipinski definition) is 2. The van der Waals surface area contributed by atoms with Gasteiger partial charge < -0.3 is 30.5 Å². The van der Waals surface area contributed by atoms with Gasteiger partial charge in [0.15, 0.2) is 17.3 Å². The highest BCUT2D eigenvalue weighted by Crippen LogP contribution is 2.45. The van der Waals surface area contributed by atoms with Gasteiger partial charge in [-0.1, -0.05) is 6.07 Å². The SMILES string of the molecule is Cc1cccnc1-c1nc(C(N)=O)c(Nc2ccc(N3CCC(N4CCN(C)CC4)CC3)cc2)nc1N1CCC12CCOCC2. The predicted molar refractivity (Wildman–Crippen MR) is 177 cm³/mol. The molecule has 0 aliphatic carbocycles. The van der Waals surface area contributed by atoms with E-state index in [9.17, 15) is 4.79 Å². The van der Waals surface area contributed by atoms with Gasteiger partial charge in [-0.3, -0.25) is 14.7 Å². The highest BCUT2D eigenvalue weighted by atomic mass is 16.5. The highest BCUT2D eigenvalue weighted by molar-refractivity contribution is 5.97. The molecule has 0 unspecified atom stereocenters. The summed E-state index contributed by atoms with van der Waals surface area (Å²) >= 11 is 0. The summed E-state index contributed by atoms with van der Waals surface area (Å²) in [5, 5.41) is 3.39. The van der Waals surface area contributed by atoms with E-state index >= 15 is 0 Å². The predicted octanol–water partition coefficient (Wildman–Crippen LogP) is 3.67. The molecule has 0 radical (unpaired) electrons. The number of piperidine rings is 1. The molecule has 3 N–H and O–H groups in total. The second-order valence-corrected chi connectivity index (χ2v) is 13.1. The number of carbonyl (C=O) groups excluding carboxylic acids is 1. The van der Waals surface area contributed by atoms with Gasteiger partial charge in [-0.25, -0.2) is 9.97 Å². The first-order chi connectivity index (χ1) is 21.9. The Morgan fingerprint density at radius 1 is 0.933 bits per heavy atom. The standard InChI is InChI=1S/C34H45N9O2/c1-24-4-3-14-36-28(24)29-33(43-17-11-34(43)12-22-45-23-13-34)39-32(30(38-29)31(35)44)37-25-5-7-26(8-6-25)41-15-9-27(10-16-41)42-20-18-40(2)19-21-42/h3-8,14,27H,9-13,15-23H2,1-2H3,(H2,35,44)(H,37,39). The first-order valence-electron chi connectivity index (χ1n) is 16.4. The van der Waals surface area contributed by atoms with Crippen molar-refractivity contribution in [3.8, 4) is 11.4 Å². The van der Waals surface area contributed by atoms with Crippen LogP contribution in [0.25, 0.3) is 11.4 Å². The first-order valence-corrected chi connectivity index (χ1v) is 16.4. The molecule has 7 rings (SSSR count). The molecule has 4 saturated heterocycles. The third-order valence-corrected chi connectivity index (χ3v) is 10.4. The van der Waals surface area contributed by atoms with Crippen molar-refractivity contribution in [3.63, 3.8) is 0 Å². The van der Waals surface area contributed by atoms with E-state index < -0.39 is 5.91 Å². The number of likely N-dealkylation sites (N-methyl/N-ethyl adjacent to an activating group) is 1. The lowest BCUT2D eigenvalue weighted by Gasteiger charge is -2.55. The minimum atomic E-state index is -0.629. The summed E-state index contributed by atoms with van der Waals surface area (Å²) in [4.78, 5) is 37.3. The van der Waals surface area contributed by atoms with Gasteiger partial charge in [-0.15, -0.1) is 0 Å². The lowest BCUT2D eigenvalue weighted by molar-refractivity contribution is 0.0285. The molecular formula is C34H45N9O2. The summed E-state index contributed by atoms with van der Waals surface area (Å²) in [5.74, 6) is 0.470. The monoisotopic (exact) mass is 611 g/mol. The van der Waals surface area contributed by atoms with E-state index in [-0.39, 0.29) is 11.2 Å². The van der Waals surface area contributed by atoms with E-state index in [0.717, 1.165) is 82.3 Å². The summed E-state index contributed by atoms with van der Waals surface area (Å²) in [5.41, 5.74) is 10.3. The van der Waals surface area contributed by atoms with Crippen molar-refractivity contribution < 1.29 is 9.53 Å². The molecule has 4 aliphatic heterocycles. The van der Waals surface area contributed by atoms with E-state index in [1.165, 1.54) is 31.6 Å². The summed E-state index contributed by atoms with van der Waals surface area (Å²) < 4.78 is 5.71. The second kappa shape index (κ2) is 12.5. The van der Waals surface area contributed by atoms with Crippen LogP contribution in [0.1, 0.15) is 48.2 Å². The number of pyridine rings is 1. The molecule has 1 amide bonds. The van der Waals surface area contributed by atoms with Crippen molar-refractivity contribution in [2.24, 2.45) is 5.73 Å². The van der Waals surface area contributed by atoms with E-state index in [4.69, 9.17) is 20.4 Å². The van der Waals surface area contributed by atoms with Gasteiger partial charge >= 0.3 is 0 Å². The fraction of sp³-hybridized carbons (Fsp3) is 0.529. The summed E-state index contributed by atoms with van der Waals surface area (Å²) in [6.45, 7) is 11.1. The molecule has 0 atom stereocenters. The van der Waals surface area contributed by atoms with Crippen molar-refractivity contribution in [2.75, 3.05) is 81.2 Å². The molecule has 0 bridgehead atoms. The van der Waals surface area contributed by atoms with Crippen LogP contribution in [0.4, 0.5) is 23.0 Å². The van der Waals surface area contributed by atoms with Gasteiger partial charge in [0.2, 0.25) is 0 Å². The van der Waals surface area contributed by atoms with Crippen LogP contribution < -0.4 is 20.9 Å². The Hall–Kier alpha value is -3.80. The van der Waals surface area contributed by atoms with Crippen LogP contribution >= 0.6 is 0 Å². The van der Waals surface area contributed by atoms with Crippen molar-refractivity contribution in [1.29, 1.82) is 0 Å². The molecular weight excluding hydrogens is 566 g/mol. The topological polar surface area (TPSA) is 116 Å². The zero-order chi connectivity index (χ0) is 31.0. The Labute approximate surface area is 265 Å². The van der Waals surface area contributed by atoms with Crippen molar-refractivity contribution in [1.82, 2.24) is 24.8 Å². The molecule has 238 valence electrons. The minimum Gasteiger partial charge on any atom is -0.381 e. The number of amides is 1. The number of nitrogens with two attached hydrogens (primary N) is 1. The van der Waals surface area contributed by atoms with E-state index in [1.807, 2.05) is 19.1 Å².